The van der Waals surface area contributed by atoms with E-state index in [0.29, 0.717) is 6.54 Å². The molecule has 0 amide bonds. The topological polar surface area (TPSA) is 12.0 Å². The summed E-state index contributed by atoms with van der Waals surface area (Å²) in [6.45, 7) is 2.62. The second kappa shape index (κ2) is 3.65. The van der Waals surface area contributed by atoms with E-state index in [2.05, 4.69) is 5.32 Å². The maximum atomic E-state index is 12.7. The number of nitrogens with one attached hydrogen (secondary N) is 1. The van der Waals surface area contributed by atoms with Crippen molar-refractivity contribution in [2.75, 3.05) is 6.54 Å². The predicted octanol–water partition coefficient (Wildman–Crippen LogP) is 2.45. The Morgan fingerprint density at radius 1 is 1.43 bits per heavy atom. The molecule has 1 N–H and O–H groups in total. The van der Waals surface area contributed by atoms with E-state index < -0.39 is 12.5 Å². The van der Waals surface area contributed by atoms with Gasteiger partial charge in [0.25, 0.3) is 6.43 Å². The van der Waals surface area contributed by atoms with Crippen LogP contribution in [0.15, 0.2) is 18.2 Å². The zero-order chi connectivity index (χ0) is 10.1. The molecule has 0 spiro atoms. The van der Waals surface area contributed by atoms with Gasteiger partial charge in [-0.15, -0.1) is 0 Å². The van der Waals surface area contributed by atoms with Gasteiger partial charge in [0.05, 0.1) is 6.04 Å². The van der Waals surface area contributed by atoms with Gasteiger partial charge in [-0.1, -0.05) is 18.2 Å². The Morgan fingerprint density at radius 3 is 2.93 bits per heavy atom. The number of fused-ring (bicyclic) bond motifs is 1. The van der Waals surface area contributed by atoms with E-state index in [0.717, 1.165) is 23.1 Å². The standard InChI is InChI=1S/C11H13F2N/c1-7-3-2-4-9-8(7)5-6-14-10(9)11(12)13/h2-4,10-11,14H,5-6H2,1H3. The van der Waals surface area contributed by atoms with E-state index in [1.807, 2.05) is 19.1 Å². The van der Waals surface area contributed by atoms with Crippen LogP contribution in [0.1, 0.15) is 22.7 Å². The normalized spacial score (nSPS) is 21.0. The third-order valence-corrected chi connectivity index (χ3v) is 2.77. The molecule has 0 bridgehead atoms. The number of hydrogen-bond acceptors (Lipinski definition) is 1. The highest BCUT2D eigenvalue weighted by atomic mass is 19.3. The fraction of sp³-hybridized carbons (Fsp3) is 0.455. The fourth-order valence-corrected chi connectivity index (χ4v) is 2.05. The quantitative estimate of drug-likeness (QED) is 0.729. The molecule has 2 rings (SSSR count). The fourth-order valence-electron chi connectivity index (χ4n) is 2.05. The first-order valence-corrected chi connectivity index (χ1v) is 4.80. The minimum Gasteiger partial charge on any atom is -0.305 e. The van der Waals surface area contributed by atoms with E-state index >= 15 is 0 Å². The number of halogens is 2. The van der Waals surface area contributed by atoms with E-state index in [9.17, 15) is 8.78 Å². The summed E-state index contributed by atoms with van der Waals surface area (Å²) in [6, 6.07) is 4.84. The summed E-state index contributed by atoms with van der Waals surface area (Å²) in [5.41, 5.74) is 2.98. The summed E-state index contributed by atoms with van der Waals surface area (Å²) in [5, 5.41) is 2.85. The highest BCUT2D eigenvalue weighted by Gasteiger charge is 2.27. The molecular weight excluding hydrogens is 184 g/mol. The average molecular weight is 197 g/mol. The van der Waals surface area contributed by atoms with Gasteiger partial charge in [-0.2, -0.15) is 0 Å². The van der Waals surface area contributed by atoms with Crippen LogP contribution in [0.25, 0.3) is 0 Å². The molecule has 0 radical (unpaired) electrons. The second-order valence-electron chi connectivity index (χ2n) is 3.66. The van der Waals surface area contributed by atoms with Gasteiger partial charge in [0.1, 0.15) is 0 Å². The van der Waals surface area contributed by atoms with Crippen molar-refractivity contribution in [3.8, 4) is 0 Å². The minimum atomic E-state index is -2.32. The summed E-state index contributed by atoms with van der Waals surface area (Å²) in [5.74, 6) is 0. The Labute approximate surface area is 82.1 Å². The molecular formula is C11H13F2N. The van der Waals surface area contributed by atoms with Crippen molar-refractivity contribution in [2.45, 2.75) is 25.8 Å². The summed E-state index contributed by atoms with van der Waals surface area (Å²) in [6.07, 6.45) is -1.47. The van der Waals surface area contributed by atoms with Crippen LogP contribution < -0.4 is 5.32 Å². The van der Waals surface area contributed by atoms with Gasteiger partial charge in [0.15, 0.2) is 0 Å². The Kier molecular flexibility index (Phi) is 2.50. The Hall–Kier alpha value is -0.960. The molecule has 1 aliphatic heterocycles. The maximum Gasteiger partial charge on any atom is 0.257 e. The molecule has 1 heterocycles. The first-order chi connectivity index (χ1) is 6.70. The zero-order valence-electron chi connectivity index (χ0n) is 8.06. The molecule has 1 aliphatic rings. The first kappa shape index (κ1) is 9.59. The molecule has 14 heavy (non-hydrogen) atoms. The Bertz CT molecular complexity index is 336. The van der Waals surface area contributed by atoms with E-state index in [-0.39, 0.29) is 0 Å². The minimum absolute atomic E-state index is 0.646. The predicted molar refractivity (Wildman–Crippen MR) is 51.6 cm³/mol. The lowest BCUT2D eigenvalue weighted by Gasteiger charge is -2.27. The maximum absolute atomic E-state index is 12.7. The van der Waals surface area contributed by atoms with Crippen molar-refractivity contribution in [2.24, 2.45) is 0 Å². The molecule has 0 aliphatic carbocycles. The summed E-state index contributed by atoms with van der Waals surface area (Å²) in [4.78, 5) is 0. The van der Waals surface area contributed by atoms with Crippen LogP contribution in [-0.2, 0) is 6.42 Å². The zero-order valence-corrected chi connectivity index (χ0v) is 8.06. The highest BCUT2D eigenvalue weighted by molar-refractivity contribution is 5.38. The lowest BCUT2D eigenvalue weighted by molar-refractivity contribution is 0.0954. The molecule has 0 saturated carbocycles. The van der Waals surface area contributed by atoms with Crippen molar-refractivity contribution in [1.29, 1.82) is 0 Å². The number of alkyl halides is 2. The largest absolute Gasteiger partial charge is 0.305 e. The van der Waals surface area contributed by atoms with Crippen LogP contribution in [0.4, 0.5) is 8.78 Å². The molecule has 0 saturated heterocycles. The van der Waals surface area contributed by atoms with Gasteiger partial charge < -0.3 is 5.32 Å². The lowest BCUT2D eigenvalue weighted by Crippen LogP contribution is -2.34. The van der Waals surface area contributed by atoms with Gasteiger partial charge in [-0.3, -0.25) is 0 Å². The Balaban J connectivity index is 2.44. The molecule has 3 heteroatoms. The number of benzene rings is 1. The van der Waals surface area contributed by atoms with E-state index in [1.54, 1.807) is 6.07 Å². The molecule has 76 valence electrons. The second-order valence-corrected chi connectivity index (χ2v) is 3.66. The van der Waals surface area contributed by atoms with Gasteiger partial charge in [-0.05, 0) is 36.6 Å². The monoisotopic (exact) mass is 197 g/mol. The van der Waals surface area contributed by atoms with Gasteiger partial charge in [0.2, 0.25) is 0 Å². The number of rotatable bonds is 1. The highest BCUT2D eigenvalue weighted by Crippen LogP contribution is 2.29. The Morgan fingerprint density at radius 2 is 2.21 bits per heavy atom. The van der Waals surface area contributed by atoms with Crippen molar-refractivity contribution < 1.29 is 8.78 Å². The van der Waals surface area contributed by atoms with Crippen LogP contribution in [0.2, 0.25) is 0 Å². The number of aryl methyl sites for hydroxylation is 1. The van der Waals surface area contributed by atoms with Crippen LogP contribution >= 0.6 is 0 Å². The van der Waals surface area contributed by atoms with E-state index in [4.69, 9.17) is 0 Å². The average Bonchev–Trinajstić information content (AvgIpc) is 2.17. The van der Waals surface area contributed by atoms with Gasteiger partial charge >= 0.3 is 0 Å². The van der Waals surface area contributed by atoms with Crippen molar-refractivity contribution in [3.63, 3.8) is 0 Å². The van der Waals surface area contributed by atoms with Crippen LogP contribution in [0.5, 0.6) is 0 Å². The van der Waals surface area contributed by atoms with Crippen molar-refractivity contribution >= 4 is 0 Å². The number of hydrogen-bond donors (Lipinski definition) is 1. The van der Waals surface area contributed by atoms with Crippen LogP contribution in [-0.4, -0.2) is 13.0 Å². The molecule has 1 unspecified atom stereocenters. The molecule has 1 nitrogen and oxygen atoms in total. The van der Waals surface area contributed by atoms with Gasteiger partial charge in [-0.25, -0.2) is 8.78 Å². The van der Waals surface area contributed by atoms with Crippen LogP contribution in [0, 0.1) is 6.92 Å². The molecule has 1 aromatic carbocycles. The van der Waals surface area contributed by atoms with Crippen molar-refractivity contribution in [1.82, 2.24) is 5.32 Å². The molecule has 0 aromatic heterocycles. The molecule has 1 atom stereocenters. The SMILES string of the molecule is Cc1cccc2c1CCNC2C(F)F. The summed E-state index contributed by atoms with van der Waals surface area (Å²) >= 11 is 0. The van der Waals surface area contributed by atoms with Crippen LogP contribution in [0.3, 0.4) is 0 Å². The summed E-state index contributed by atoms with van der Waals surface area (Å²) in [7, 11) is 0. The molecule has 0 fully saturated rings. The molecule has 1 aromatic rings. The smallest absolute Gasteiger partial charge is 0.257 e. The third-order valence-electron chi connectivity index (χ3n) is 2.77. The third kappa shape index (κ3) is 1.52. The van der Waals surface area contributed by atoms with Gasteiger partial charge in [0, 0.05) is 0 Å². The summed E-state index contributed by atoms with van der Waals surface area (Å²) < 4.78 is 25.3. The first-order valence-electron chi connectivity index (χ1n) is 4.80. The van der Waals surface area contributed by atoms with Crippen molar-refractivity contribution in [3.05, 3.63) is 34.9 Å². The lowest BCUT2D eigenvalue weighted by atomic mass is 9.91. The van der Waals surface area contributed by atoms with E-state index in [1.165, 1.54) is 0 Å².